The first-order valence-corrected chi connectivity index (χ1v) is 7.72. The molecule has 100 valence electrons. The van der Waals surface area contributed by atoms with Gasteiger partial charge in [-0.15, -0.1) is 0 Å². The van der Waals surface area contributed by atoms with Gasteiger partial charge in [0, 0.05) is 16.6 Å². The van der Waals surface area contributed by atoms with E-state index in [1.807, 2.05) is 13.0 Å². The molecule has 18 heavy (non-hydrogen) atoms. The van der Waals surface area contributed by atoms with E-state index < -0.39 is 16.0 Å². The van der Waals surface area contributed by atoms with Gasteiger partial charge in [-0.3, -0.25) is 9.52 Å². The Kier molecular flexibility index (Phi) is 5.15. The van der Waals surface area contributed by atoms with E-state index in [0.717, 1.165) is 10.0 Å². The molecule has 1 rings (SSSR count). The van der Waals surface area contributed by atoms with Crippen LogP contribution in [0.4, 0.5) is 5.69 Å². The lowest BCUT2D eigenvalue weighted by Crippen LogP contribution is -2.17. The van der Waals surface area contributed by atoms with Crippen molar-refractivity contribution >= 4 is 37.6 Å². The van der Waals surface area contributed by atoms with E-state index in [1.54, 1.807) is 12.1 Å². The summed E-state index contributed by atoms with van der Waals surface area (Å²) in [5.41, 5.74) is 1.39. The Labute approximate surface area is 114 Å². The summed E-state index contributed by atoms with van der Waals surface area (Å²) in [6.45, 7) is 1.85. The Hall–Kier alpha value is -1.08. The Morgan fingerprint density at radius 2 is 2.06 bits per heavy atom. The Morgan fingerprint density at radius 3 is 2.61 bits per heavy atom. The summed E-state index contributed by atoms with van der Waals surface area (Å²) in [5.74, 6) is -1.20. The van der Waals surface area contributed by atoms with E-state index >= 15 is 0 Å². The predicted octanol–water partition coefficient (Wildman–Crippen LogP) is 2.36. The van der Waals surface area contributed by atoms with Gasteiger partial charge in [0.2, 0.25) is 10.0 Å². The van der Waals surface area contributed by atoms with Crippen LogP contribution in [-0.2, 0) is 14.8 Å². The number of carboxylic acid groups (broad SMARTS) is 1. The molecule has 0 spiro atoms. The van der Waals surface area contributed by atoms with Gasteiger partial charge in [0.1, 0.15) is 0 Å². The molecule has 0 saturated heterocycles. The fraction of sp³-hybridized carbons (Fsp3) is 0.364. The SMILES string of the molecule is Cc1cc(Br)cc(NS(=O)(=O)CCCC(=O)O)c1. The number of nitrogens with one attached hydrogen (secondary N) is 1. The zero-order valence-electron chi connectivity index (χ0n) is 9.81. The molecule has 0 aliphatic rings. The summed E-state index contributed by atoms with van der Waals surface area (Å²) >= 11 is 3.28. The van der Waals surface area contributed by atoms with Crippen molar-refractivity contribution in [2.24, 2.45) is 0 Å². The van der Waals surface area contributed by atoms with Crippen LogP contribution in [0.15, 0.2) is 22.7 Å². The number of rotatable bonds is 6. The van der Waals surface area contributed by atoms with Crippen molar-refractivity contribution in [2.45, 2.75) is 19.8 Å². The second-order valence-corrected chi connectivity index (χ2v) is 6.69. The standard InChI is InChI=1S/C11H14BrNO4S/c1-8-5-9(12)7-10(6-8)13-18(16,17)4-2-3-11(14)15/h5-7,13H,2-4H2,1H3,(H,14,15). The first-order chi connectivity index (χ1) is 8.28. The molecule has 1 aromatic carbocycles. The van der Waals surface area contributed by atoms with Gasteiger partial charge in [-0.05, 0) is 37.1 Å². The lowest BCUT2D eigenvalue weighted by molar-refractivity contribution is -0.137. The van der Waals surface area contributed by atoms with Crippen LogP contribution in [0.2, 0.25) is 0 Å². The van der Waals surface area contributed by atoms with Gasteiger partial charge < -0.3 is 5.11 Å². The van der Waals surface area contributed by atoms with Gasteiger partial charge in [-0.25, -0.2) is 8.42 Å². The molecule has 0 heterocycles. The topological polar surface area (TPSA) is 83.5 Å². The molecule has 0 aliphatic heterocycles. The maximum Gasteiger partial charge on any atom is 0.303 e. The number of sulfonamides is 1. The fourth-order valence-electron chi connectivity index (χ4n) is 1.44. The fourth-order valence-corrected chi connectivity index (χ4v) is 3.15. The molecule has 5 nitrogen and oxygen atoms in total. The van der Waals surface area contributed by atoms with Crippen molar-refractivity contribution in [3.8, 4) is 0 Å². The van der Waals surface area contributed by atoms with E-state index in [-0.39, 0.29) is 18.6 Å². The minimum atomic E-state index is -3.50. The highest BCUT2D eigenvalue weighted by Gasteiger charge is 2.11. The summed E-state index contributed by atoms with van der Waals surface area (Å²) in [5, 5.41) is 8.45. The van der Waals surface area contributed by atoms with Crippen molar-refractivity contribution in [1.82, 2.24) is 0 Å². The molecule has 1 aromatic rings. The van der Waals surface area contributed by atoms with Crippen LogP contribution in [-0.4, -0.2) is 25.2 Å². The van der Waals surface area contributed by atoms with E-state index in [1.165, 1.54) is 0 Å². The largest absolute Gasteiger partial charge is 0.481 e. The van der Waals surface area contributed by atoms with Crippen LogP contribution >= 0.6 is 15.9 Å². The number of anilines is 1. The molecule has 7 heteroatoms. The number of carbonyl (C=O) groups is 1. The summed E-state index contributed by atoms with van der Waals surface area (Å²) in [7, 11) is -3.50. The highest BCUT2D eigenvalue weighted by molar-refractivity contribution is 9.10. The third-order valence-electron chi connectivity index (χ3n) is 2.12. The molecule has 0 aromatic heterocycles. The maximum atomic E-state index is 11.7. The normalized spacial score (nSPS) is 11.2. The number of aryl methyl sites for hydroxylation is 1. The van der Waals surface area contributed by atoms with E-state index in [9.17, 15) is 13.2 Å². The van der Waals surface area contributed by atoms with Crippen LogP contribution in [0.5, 0.6) is 0 Å². The monoisotopic (exact) mass is 335 g/mol. The van der Waals surface area contributed by atoms with E-state index in [4.69, 9.17) is 5.11 Å². The van der Waals surface area contributed by atoms with Gasteiger partial charge in [0.15, 0.2) is 0 Å². The van der Waals surface area contributed by atoms with Crippen molar-refractivity contribution in [3.05, 3.63) is 28.2 Å². The van der Waals surface area contributed by atoms with Gasteiger partial charge in [0.25, 0.3) is 0 Å². The first kappa shape index (κ1) is 15.0. The third-order valence-corrected chi connectivity index (χ3v) is 3.95. The molecule has 0 bridgehead atoms. The smallest absolute Gasteiger partial charge is 0.303 e. The number of benzene rings is 1. The minimum absolute atomic E-state index is 0.0949. The molecule has 0 unspecified atom stereocenters. The molecule has 0 radical (unpaired) electrons. The van der Waals surface area contributed by atoms with Gasteiger partial charge in [-0.2, -0.15) is 0 Å². The van der Waals surface area contributed by atoms with Crippen LogP contribution in [0.1, 0.15) is 18.4 Å². The van der Waals surface area contributed by atoms with E-state index in [0.29, 0.717) is 5.69 Å². The highest BCUT2D eigenvalue weighted by atomic mass is 79.9. The number of halogens is 1. The quantitative estimate of drug-likeness (QED) is 0.835. The summed E-state index contributed by atoms with van der Waals surface area (Å²) in [6, 6.07) is 5.23. The Bertz CT molecular complexity index is 522. The maximum absolute atomic E-state index is 11.7. The molecule has 0 fully saturated rings. The van der Waals surface area contributed by atoms with Gasteiger partial charge in [0.05, 0.1) is 5.75 Å². The van der Waals surface area contributed by atoms with Crippen LogP contribution in [0.3, 0.4) is 0 Å². The van der Waals surface area contributed by atoms with Crippen LogP contribution < -0.4 is 4.72 Å². The highest BCUT2D eigenvalue weighted by Crippen LogP contribution is 2.20. The number of aliphatic carboxylic acids is 1. The summed E-state index contributed by atoms with van der Waals surface area (Å²) in [6.07, 6.45) is -0.0595. The van der Waals surface area contributed by atoms with Crippen molar-refractivity contribution in [2.75, 3.05) is 10.5 Å². The van der Waals surface area contributed by atoms with Gasteiger partial charge >= 0.3 is 5.97 Å². The second-order valence-electron chi connectivity index (χ2n) is 3.94. The predicted molar refractivity (Wildman–Crippen MR) is 73.2 cm³/mol. The number of hydrogen-bond acceptors (Lipinski definition) is 3. The van der Waals surface area contributed by atoms with E-state index in [2.05, 4.69) is 20.7 Å². The average molecular weight is 336 g/mol. The number of carboxylic acids is 1. The number of hydrogen-bond donors (Lipinski definition) is 2. The summed E-state index contributed by atoms with van der Waals surface area (Å²) in [4.78, 5) is 10.3. The van der Waals surface area contributed by atoms with Crippen molar-refractivity contribution < 1.29 is 18.3 Å². The molecule has 0 saturated carbocycles. The molecular formula is C11H14BrNO4S. The minimum Gasteiger partial charge on any atom is -0.481 e. The molecule has 0 amide bonds. The van der Waals surface area contributed by atoms with Crippen molar-refractivity contribution in [3.63, 3.8) is 0 Å². The average Bonchev–Trinajstić information content (AvgIpc) is 2.12. The first-order valence-electron chi connectivity index (χ1n) is 5.28. The Balaban J connectivity index is 2.67. The van der Waals surface area contributed by atoms with Crippen LogP contribution in [0, 0.1) is 6.92 Å². The molecular weight excluding hydrogens is 322 g/mol. The second kappa shape index (κ2) is 6.19. The molecule has 0 atom stereocenters. The van der Waals surface area contributed by atoms with Crippen LogP contribution in [0.25, 0.3) is 0 Å². The zero-order chi connectivity index (χ0) is 13.8. The zero-order valence-corrected chi connectivity index (χ0v) is 12.2. The lowest BCUT2D eigenvalue weighted by atomic mass is 10.2. The van der Waals surface area contributed by atoms with Crippen molar-refractivity contribution in [1.29, 1.82) is 0 Å². The Morgan fingerprint density at radius 1 is 1.39 bits per heavy atom. The lowest BCUT2D eigenvalue weighted by Gasteiger charge is -2.08. The summed E-state index contributed by atoms with van der Waals surface area (Å²) < 4.78 is 26.6. The van der Waals surface area contributed by atoms with Gasteiger partial charge in [-0.1, -0.05) is 15.9 Å². The molecule has 0 aliphatic carbocycles. The third kappa shape index (κ3) is 5.50. The molecule has 2 N–H and O–H groups in total.